The maximum absolute atomic E-state index is 11.1. The van der Waals surface area contributed by atoms with Gasteiger partial charge in [-0.1, -0.05) is 6.92 Å². The van der Waals surface area contributed by atoms with Gasteiger partial charge in [-0.3, -0.25) is 0 Å². The van der Waals surface area contributed by atoms with Crippen molar-refractivity contribution in [3.8, 4) is 11.8 Å². The largest absolute Gasteiger partial charge is 0.492 e. The average molecular weight is 297 g/mol. The molecule has 1 rings (SSSR count). The van der Waals surface area contributed by atoms with Crippen LogP contribution in [0.5, 0.6) is 5.75 Å². The Morgan fingerprint density at radius 1 is 1.40 bits per heavy atom. The summed E-state index contributed by atoms with van der Waals surface area (Å²) in [4.78, 5) is 0.0584. The zero-order valence-corrected chi connectivity index (χ0v) is 12.2. The number of nitrogens with two attached hydrogens (primary N) is 1. The van der Waals surface area contributed by atoms with Crippen LogP contribution in [0.4, 0.5) is 0 Å². The van der Waals surface area contributed by atoms with Crippen molar-refractivity contribution in [1.82, 2.24) is 5.32 Å². The maximum Gasteiger partial charge on any atom is 0.238 e. The van der Waals surface area contributed by atoms with E-state index in [9.17, 15) is 8.42 Å². The second-order valence-corrected chi connectivity index (χ2v) is 5.85. The number of nitrogens with one attached hydrogen (secondary N) is 1. The Kier molecular flexibility index (Phi) is 6.45. The molecule has 0 radical (unpaired) electrons. The van der Waals surface area contributed by atoms with E-state index in [1.54, 1.807) is 12.1 Å². The van der Waals surface area contributed by atoms with Crippen LogP contribution in [-0.2, 0) is 10.0 Å². The van der Waals surface area contributed by atoms with Crippen LogP contribution in [0.15, 0.2) is 29.2 Å². The number of hydrogen-bond donors (Lipinski definition) is 2. The molecule has 0 saturated heterocycles. The van der Waals surface area contributed by atoms with Gasteiger partial charge in [-0.2, -0.15) is 5.26 Å². The minimum absolute atomic E-state index is 0.0584. The summed E-state index contributed by atoms with van der Waals surface area (Å²) in [6.07, 6.45) is 1.36. The molecule has 1 atom stereocenters. The Morgan fingerprint density at radius 2 is 2.05 bits per heavy atom. The van der Waals surface area contributed by atoms with Crippen molar-refractivity contribution < 1.29 is 13.2 Å². The monoisotopic (exact) mass is 297 g/mol. The van der Waals surface area contributed by atoms with Crippen molar-refractivity contribution >= 4 is 10.0 Å². The number of primary sulfonamides is 1. The quantitative estimate of drug-likeness (QED) is 0.696. The van der Waals surface area contributed by atoms with E-state index in [1.807, 2.05) is 6.92 Å². The van der Waals surface area contributed by atoms with Crippen LogP contribution < -0.4 is 15.2 Å². The van der Waals surface area contributed by atoms with Crippen molar-refractivity contribution in [3.63, 3.8) is 0 Å². The van der Waals surface area contributed by atoms with E-state index in [1.165, 1.54) is 12.1 Å². The smallest absolute Gasteiger partial charge is 0.238 e. The maximum atomic E-state index is 11.1. The third-order valence-corrected chi connectivity index (χ3v) is 3.72. The van der Waals surface area contributed by atoms with Gasteiger partial charge in [-0.25, -0.2) is 13.6 Å². The molecule has 3 N–H and O–H groups in total. The summed E-state index contributed by atoms with van der Waals surface area (Å²) in [7, 11) is -3.66. The van der Waals surface area contributed by atoms with E-state index >= 15 is 0 Å². The minimum atomic E-state index is -3.66. The highest BCUT2D eigenvalue weighted by atomic mass is 32.2. The van der Waals surface area contributed by atoms with E-state index in [-0.39, 0.29) is 10.9 Å². The van der Waals surface area contributed by atoms with Crippen LogP contribution in [0.3, 0.4) is 0 Å². The normalized spacial score (nSPS) is 12.7. The Balaban J connectivity index is 2.38. The number of rotatable bonds is 8. The van der Waals surface area contributed by atoms with E-state index in [4.69, 9.17) is 15.1 Å². The topological polar surface area (TPSA) is 105 Å². The average Bonchev–Trinajstić information content (AvgIpc) is 2.42. The molecule has 0 fully saturated rings. The number of hydrogen-bond acceptors (Lipinski definition) is 5. The van der Waals surface area contributed by atoms with Gasteiger partial charge >= 0.3 is 0 Å². The molecule has 0 aromatic heterocycles. The summed E-state index contributed by atoms with van der Waals surface area (Å²) >= 11 is 0. The molecule has 0 saturated carbocycles. The molecule has 1 aromatic rings. The van der Waals surface area contributed by atoms with Gasteiger partial charge in [-0.05, 0) is 30.7 Å². The molecule has 0 aliphatic carbocycles. The van der Waals surface area contributed by atoms with Crippen molar-refractivity contribution in [2.24, 2.45) is 5.14 Å². The zero-order chi connectivity index (χ0) is 15.0. The lowest BCUT2D eigenvalue weighted by Gasteiger charge is -2.13. The number of benzene rings is 1. The first-order valence-corrected chi connectivity index (χ1v) is 7.88. The summed E-state index contributed by atoms with van der Waals surface area (Å²) < 4.78 is 27.6. The van der Waals surface area contributed by atoms with Gasteiger partial charge in [0.15, 0.2) is 0 Å². The number of nitrogens with zero attached hydrogens (tertiary/aromatic N) is 1. The SMILES string of the molecule is CC[C@H](CC#N)NCCOc1ccc(S(N)(=O)=O)cc1. The molecule has 0 aliphatic rings. The molecule has 0 unspecified atom stereocenters. The van der Waals surface area contributed by atoms with Crippen LogP contribution in [0.25, 0.3) is 0 Å². The molecular weight excluding hydrogens is 278 g/mol. The molecule has 7 heteroatoms. The molecule has 1 aromatic carbocycles. The molecule has 110 valence electrons. The van der Waals surface area contributed by atoms with Gasteiger partial charge in [0.2, 0.25) is 10.0 Å². The zero-order valence-electron chi connectivity index (χ0n) is 11.4. The van der Waals surface area contributed by atoms with Crippen LogP contribution in [-0.4, -0.2) is 27.6 Å². The second-order valence-electron chi connectivity index (χ2n) is 4.29. The first-order chi connectivity index (χ1) is 9.47. The van der Waals surface area contributed by atoms with Crippen LogP contribution in [0.2, 0.25) is 0 Å². The highest BCUT2D eigenvalue weighted by Crippen LogP contribution is 2.14. The van der Waals surface area contributed by atoms with Gasteiger partial charge in [0, 0.05) is 12.6 Å². The van der Waals surface area contributed by atoms with Crippen molar-refractivity contribution in [2.45, 2.75) is 30.7 Å². The number of sulfonamides is 1. The van der Waals surface area contributed by atoms with Crippen LogP contribution >= 0.6 is 0 Å². The standard InChI is InChI=1S/C13H19N3O3S/c1-2-11(7-8-14)16-9-10-19-12-3-5-13(6-4-12)20(15,17)18/h3-6,11,16H,2,7,9-10H2,1H3,(H2,15,17,18)/t11-/m1/s1. The van der Waals surface area contributed by atoms with Crippen LogP contribution in [0.1, 0.15) is 19.8 Å². The van der Waals surface area contributed by atoms with Gasteiger partial charge < -0.3 is 10.1 Å². The van der Waals surface area contributed by atoms with E-state index in [2.05, 4.69) is 11.4 Å². The van der Waals surface area contributed by atoms with Crippen molar-refractivity contribution in [1.29, 1.82) is 5.26 Å². The van der Waals surface area contributed by atoms with Gasteiger partial charge in [0.1, 0.15) is 12.4 Å². The Bertz CT molecular complexity index is 549. The lowest BCUT2D eigenvalue weighted by molar-refractivity contribution is 0.304. The molecule has 0 amide bonds. The summed E-state index contributed by atoms with van der Waals surface area (Å²) in [5, 5.41) is 16.8. The fourth-order valence-electron chi connectivity index (χ4n) is 1.63. The molecule has 6 nitrogen and oxygen atoms in total. The predicted octanol–water partition coefficient (Wildman–Crippen LogP) is 0.995. The van der Waals surface area contributed by atoms with Gasteiger partial charge in [0.25, 0.3) is 0 Å². The predicted molar refractivity (Wildman–Crippen MR) is 75.6 cm³/mol. The fraction of sp³-hybridized carbons (Fsp3) is 0.462. The molecule has 20 heavy (non-hydrogen) atoms. The van der Waals surface area contributed by atoms with Crippen LogP contribution in [0, 0.1) is 11.3 Å². The summed E-state index contributed by atoms with van der Waals surface area (Å²) in [6.45, 7) is 3.08. The van der Waals surface area contributed by atoms with Crippen molar-refractivity contribution in [3.05, 3.63) is 24.3 Å². The molecule has 0 spiro atoms. The Hall–Kier alpha value is -1.62. The Morgan fingerprint density at radius 3 is 2.55 bits per heavy atom. The summed E-state index contributed by atoms with van der Waals surface area (Å²) in [5.41, 5.74) is 0. The van der Waals surface area contributed by atoms with Gasteiger partial charge in [0.05, 0.1) is 17.4 Å². The lowest BCUT2D eigenvalue weighted by atomic mass is 10.2. The Labute approximate surface area is 119 Å². The van der Waals surface area contributed by atoms with Gasteiger partial charge in [-0.15, -0.1) is 0 Å². The summed E-state index contributed by atoms with van der Waals surface area (Å²) in [6, 6.07) is 8.23. The van der Waals surface area contributed by atoms with Crippen molar-refractivity contribution in [2.75, 3.05) is 13.2 Å². The minimum Gasteiger partial charge on any atom is -0.492 e. The molecule has 0 bridgehead atoms. The summed E-state index contributed by atoms with van der Waals surface area (Å²) in [5.74, 6) is 0.576. The third-order valence-electron chi connectivity index (χ3n) is 2.79. The number of ether oxygens (including phenoxy) is 1. The molecule has 0 heterocycles. The highest BCUT2D eigenvalue weighted by Gasteiger charge is 2.07. The second kappa shape index (κ2) is 7.85. The molecular formula is C13H19N3O3S. The fourth-order valence-corrected chi connectivity index (χ4v) is 2.14. The molecule has 0 aliphatic heterocycles. The third kappa shape index (κ3) is 5.57. The van der Waals surface area contributed by atoms with E-state index < -0.39 is 10.0 Å². The highest BCUT2D eigenvalue weighted by molar-refractivity contribution is 7.89. The first-order valence-electron chi connectivity index (χ1n) is 6.33. The lowest BCUT2D eigenvalue weighted by Crippen LogP contribution is -2.31. The van der Waals surface area contributed by atoms with E-state index in [0.29, 0.717) is 25.3 Å². The van der Waals surface area contributed by atoms with E-state index in [0.717, 1.165) is 6.42 Å². The first kappa shape index (κ1) is 16.4. The number of nitriles is 1.